The van der Waals surface area contributed by atoms with Crippen molar-refractivity contribution in [2.75, 3.05) is 10.8 Å². The molecule has 1 N–H and O–H groups in total. The fourth-order valence-corrected chi connectivity index (χ4v) is 6.16. The highest BCUT2D eigenvalue weighted by Crippen LogP contribution is 2.28. The molecule has 0 aliphatic heterocycles. The fourth-order valence-electron chi connectivity index (χ4n) is 4.27. The quantitative estimate of drug-likeness (QED) is 0.234. The summed E-state index contributed by atoms with van der Waals surface area (Å²) in [6.45, 7) is 10.9. The first-order chi connectivity index (χ1) is 19.7. The maximum Gasteiger partial charge on any atom is 0.264 e. The van der Waals surface area contributed by atoms with Gasteiger partial charge in [0.2, 0.25) is 11.8 Å². The van der Waals surface area contributed by atoms with Crippen LogP contribution in [0.5, 0.6) is 0 Å². The summed E-state index contributed by atoms with van der Waals surface area (Å²) < 4.78 is 29.1. The number of carbonyl (C=O) groups excluding carboxylic acids is 2. The Balaban J connectivity index is 2.06. The SMILES string of the molecule is CC[C@H](C)NC(=O)[C@H](C)N(Cc1ccc(Cl)cc1Cl)C(=O)CN(c1ccc(C(C)C)cc1)S(=O)(=O)c1ccc(C)cc1. The van der Waals surface area contributed by atoms with Crippen molar-refractivity contribution in [3.63, 3.8) is 0 Å². The molecule has 2 amide bonds. The van der Waals surface area contributed by atoms with Crippen LogP contribution in [0.4, 0.5) is 5.69 Å². The minimum absolute atomic E-state index is 0.0192. The molecule has 3 rings (SSSR count). The Hall–Kier alpha value is -3.07. The van der Waals surface area contributed by atoms with Crippen LogP contribution < -0.4 is 9.62 Å². The Bertz CT molecular complexity index is 1490. The van der Waals surface area contributed by atoms with Crippen molar-refractivity contribution in [3.05, 3.63) is 93.5 Å². The summed E-state index contributed by atoms with van der Waals surface area (Å²) in [7, 11) is -4.15. The van der Waals surface area contributed by atoms with Crippen LogP contribution in [0.1, 0.15) is 63.6 Å². The second-order valence-electron chi connectivity index (χ2n) is 10.8. The van der Waals surface area contributed by atoms with Crippen LogP contribution in [0.25, 0.3) is 0 Å². The molecule has 0 bridgehead atoms. The molecule has 226 valence electrons. The van der Waals surface area contributed by atoms with E-state index in [0.717, 1.165) is 15.4 Å². The molecule has 10 heteroatoms. The van der Waals surface area contributed by atoms with E-state index >= 15 is 0 Å². The minimum Gasteiger partial charge on any atom is -0.352 e. The lowest BCUT2D eigenvalue weighted by molar-refractivity contribution is -0.139. The van der Waals surface area contributed by atoms with E-state index in [1.54, 1.807) is 49.4 Å². The van der Waals surface area contributed by atoms with Crippen LogP contribution in [0, 0.1) is 6.92 Å². The van der Waals surface area contributed by atoms with E-state index in [-0.39, 0.29) is 29.3 Å². The van der Waals surface area contributed by atoms with Gasteiger partial charge in [-0.3, -0.25) is 13.9 Å². The van der Waals surface area contributed by atoms with E-state index in [4.69, 9.17) is 23.2 Å². The lowest BCUT2D eigenvalue weighted by Crippen LogP contribution is -2.52. The van der Waals surface area contributed by atoms with E-state index in [9.17, 15) is 18.0 Å². The van der Waals surface area contributed by atoms with Crippen LogP contribution in [-0.2, 0) is 26.2 Å². The average molecular weight is 633 g/mol. The zero-order valence-corrected chi connectivity index (χ0v) is 27.2. The zero-order chi connectivity index (χ0) is 31.2. The molecular weight excluding hydrogens is 593 g/mol. The van der Waals surface area contributed by atoms with E-state index in [1.165, 1.54) is 17.0 Å². The second kappa shape index (κ2) is 14.4. The Kier molecular flexibility index (Phi) is 11.5. The van der Waals surface area contributed by atoms with E-state index in [0.29, 0.717) is 27.7 Å². The normalized spacial score (nSPS) is 13.0. The fraction of sp³-hybridized carbons (Fsp3) is 0.375. The summed E-state index contributed by atoms with van der Waals surface area (Å²) >= 11 is 12.5. The summed E-state index contributed by atoms with van der Waals surface area (Å²) in [5.41, 5.74) is 2.86. The van der Waals surface area contributed by atoms with Gasteiger partial charge in [0, 0.05) is 22.6 Å². The number of anilines is 1. The Morgan fingerprint density at radius 2 is 1.52 bits per heavy atom. The molecule has 0 saturated carbocycles. The lowest BCUT2D eigenvalue weighted by atomic mass is 10.0. The predicted octanol–water partition coefficient (Wildman–Crippen LogP) is 6.95. The van der Waals surface area contributed by atoms with E-state index < -0.39 is 28.5 Å². The number of carbonyl (C=O) groups is 2. The van der Waals surface area contributed by atoms with Crippen molar-refractivity contribution in [1.29, 1.82) is 0 Å². The number of rotatable bonds is 12. The van der Waals surface area contributed by atoms with Gasteiger partial charge in [-0.1, -0.05) is 79.9 Å². The highest BCUT2D eigenvalue weighted by atomic mass is 35.5. The molecule has 0 aromatic heterocycles. The first-order valence-electron chi connectivity index (χ1n) is 14.0. The number of hydrogen-bond acceptors (Lipinski definition) is 4. The van der Waals surface area contributed by atoms with Gasteiger partial charge in [0.25, 0.3) is 10.0 Å². The number of nitrogens with zero attached hydrogens (tertiary/aromatic N) is 2. The molecule has 0 heterocycles. The lowest BCUT2D eigenvalue weighted by Gasteiger charge is -2.32. The van der Waals surface area contributed by atoms with Crippen LogP contribution in [0.2, 0.25) is 10.0 Å². The minimum atomic E-state index is -4.15. The number of nitrogens with one attached hydrogen (secondary N) is 1. The number of hydrogen-bond donors (Lipinski definition) is 1. The van der Waals surface area contributed by atoms with Crippen molar-refractivity contribution in [3.8, 4) is 0 Å². The smallest absolute Gasteiger partial charge is 0.264 e. The topological polar surface area (TPSA) is 86.8 Å². The van der Waals surface area contributed by atoms with Crippen LogP contribution in [-0.4, -0.2) is 43.8 Å². The summed E-state index contributed by atoms with van der Waals surface area (Å²) in [6.07, 6.45) is 0.713. The van der Waals surface area contributed by atoms with Gasteiger partial charge in [-0.25, -0.2) is 8.42 Å². The molecule has 0 aliphatic rings. The number of halogens is 2. The molecule has 0 spiro atoms. The molecule has 0 fully saturated rings. The van der Waals surface area contributed by atoms with Gasteiger partial charge in [-0.15, -0.1) is 0 Å². The van der Waals surface area contributed by atoms with Crippen molar-refractivity contribution in [2.45, 2.75) is 77.4 Å². The van der Waals surface area contributed by atoms with Gasteiger partial charge in [-0.2, -0.15) is 0 Å². The Morgan fingerprint density at radius 3 is 2.07 bits per heavy atom. The van der Waals surface area contributed by atoms with Gasteiger partial charge in [-0.05, 0) is 80.6 Å². The van der Waals surface area contributed by atoms with Crippen LogP contribution >= 0.6 is 23.2 Å². The molecule has 42 heavy (non-hydrogen) atoms. The largest absolute Gasteiger partial charge is 0.352 e. The number of sulfonamides is 1. The maximum absolute atomic E-state index is 14.1. The molecule has 0 saturated heterocycles. The summed E-state index contributed by atoms with van der Waals surface area (Å²) in [5.74, 6) is -0.666. The van der Waals surface area contributed by atoms with Crippen molar-refractivity contribution >= 4 is 50.7 Å². The van der Waals surface area contributed by atoms with Crippen LogP contribution in [0.3, 0.4) is 0 Å². The first kappa shape index (κ1) is 33.4. The second-order valence-corrected chi connectivity index (χ2v) is 13.5. The van der Waals surface area contributed by atoms with Crippen molar-refractivity contribution < 1.29 is 18.0 Å². The van der Waals surface area contributed by atoms with Gasteiger partial charge < -0.3 is 10.2 Å². The summed E-state index contributed by atoms with van der Waals surface area (Å²) in [6, 6.07) is 17.5. The average Bonchev–Trinajstić information content (AvgIpc) is 2.95. The third-order valence-electron chi connectivity index (χ3n) is 7.26. The van der Waals surface area contributed by atoms with Crippen molar-refractivity contribution in [2.24, 2.45) is 0 Å². The molecule has 0 unspecified atom stereocenters. The van der Waals surface area contributed by atoms with Crippen molar-refractivity contribution in [1.82, 2.24) is 10.2 Å². The number of aryl methyl sites for hydroxylation is 1. The summed E-state index contributed by atoms with van der Waals surface area (Å²) in [5, 5.41) is 3.69. The molecule has 3 aromatic carbocycles. The highest BCUT2D eigenvalue weighted by molar-refractivity contribution is 7.92. The van der Waals surface area contributed by atoms with Gasteiger partial charge >= 0.3 is 0 Å². The van der Waals surface area contributed by atoms with E-state index in [1.807, 2.05) is 46.8 Å². The molecular formula is C32H39Cl2N3O4S. The standard InChI is InChI=1S/C32H39Cl2N3O4S/c1-7-23(5)35-32(39)24(6)36(19-26-10-13-27(33)18-30(26)34)31(38)20-37(28-14-11-25(12-15-28)21(2)3)42(40,41)29-16-8-22(4)9-17-29/h8-18,21,23-24H,7,19-20H2,1-6H3,(H,35,39)/t23-,24-/m0/s1. The van der Waals surface area contributed by atoms with Gasteiger partial charge in [0.15, 0.2) is 0 Å². The highest BCUT2D eigenvalue weighted by Gasteiger charge is 2.33. The zero-order valence-electron chi connectivity index (χ0n) is 24.9. The Morgan fingerprint density at radius 1 is 0.905 bits per heavy atom. The molecule has 7 nitrogen and oxygen atoms in total. The first-order valence-corrected chi connectivity index (χ1v) is 16.2. The number of amides is 2. The van der Waals surface area contributed by atoms with Gasteiger partial charge in [0.05, 0.1) is 10.6 Å². The number of benzene rings is 3. The predicted molar refractivity (Wildman–Crippen MR) is 171 cm³/mol. The third-order valence-corrected chi connectivity index (χ3v) is 9.63. The van der Waals surface area contributed by atoms with Gasteiger partial charge in [0.1, 0.15) is 12.6 Å². The Labute approximate surface area is 259 Å². The molecule has 0 radical (unpaired) electrons. The molecule has 3 aromatic rings. The third kappa shape index (κ3) is 8.27. The molecule has 2 atom stereocenters. The molecule has 0 aliphatic carbocycles. The van der Waals surface area contributed by atoms with Crippen LogP contribution in [0.15, 0.2) is 71.6 Å². The summed E-state index contributed by atoms with van der Waals surface area (Å²) in [4.78, 5) is 28.7. The monoisotopic (exact) mass is 631 g/mol. The van der Waals surface area contributed by atoms with E-state index in [2.05, 4.69) is 5.32 Å². The maximum atomic E-state index is 14.1.